The van der Waals surface area contributed by atoms with E-state index in [1.807, 2.05) is 18.2 Å². The fraction of sp³-hybridized carbons (Fsp3) is 0. The van der Waals surface area contributed by atoms with Crippen molar-refractivity contribution in [2.75, 3.05) is 0 Å². The van der Waals surface area contributed by atoms with Crippen LogP contribution in [0.25, 0.3) is 61.9 Å². The molecule has 4 aromatic carbocycles. The number of para-hydroxylation sites is 2. The third-order valence-corrected chi connectivity index (χ3v) is 13.2. The molecule has 0 radical (unpaired) electrons. The molecule has 1 aliphatic rings. The minimum atomic E-state index is 0.166. The van der Waals surface area contributed by atoms with E-state index < -0.39 is 0 Å². The Balaban J connectivity index is 1.19. The molecule has 1 aliphatic carbocycles. The van der Waals surface area contributed by atoms with E-state index in [0.717, 1.165) is 27.8 Å². The van der Waals surface area contributed by atoms with Gasteiger partial charge in [0.1, 0.15) is 0 Å². The van der Waals surface area contributed by atoms with Crippen molar-refractivity contribution < 1.29 is 0 Å². The Morgan fingerprint density at radius 3 is 1.85 bits per heavy atom. The molecular weight excluding hydrogens is 632 g/mol. The maximum absolute atomic E-state index is 9.63. The van der Waals surface area contributed by atoms with Crippen molar-refractivity contribution in [2.24, 2.45) is 0 Å². The maximum atomic E-state index is 9.63. The molecule has 3 heterocycles. The minimum absolute atomic E-state index is 0.166. The number of aromatic nitrogens is 1. The fourth-order valence-electron chi connectivity index (χ4n) is 5.99. The molecule has 0 N–H and O–H groups in total. The number of hydrogen-bond acceptors (Lipinski definition) is 2. The average molecular weight is 651 g/mol. The van der Waals surface area contributed by atoms with E-state index in [-0.39, 0.29) is 34.6 Å². The molecule has 7 aromatic rings. The summed E-state index contributed by atoms with van der Waals surface area (Å²) in [7, 11) is 0. The van der Waals surface area contributed by atoms with Crippen molar-refractivity contribution in [3.05, 3.63) is 132 Å². The van der Waals surface area contributed by atoms with Crippen molar-refractivity contribution in [3.8, 4) is 46.7 Å². The van der Waals surface area contributed by atoms with Gasteiger partial charge in [0, 0.05) is 0 Å². The molecule has 190 valence electrons. The molecule has 0 amide bonds. The van der Waals surface area contributed by atoms with Crippen LogP contribution in [0.5, 0.6) is 0 Å². The Bertz CT molecular complexity index is 2230. The molecule has 0 unspecified atom stereocenters. The summed E-state index contributed by atoms with van der Waals surface area (Å²) in [6.07, 6.45) is 0. The molecule has 0 saturated carbocycles. The van der Waals surface area contributed by atoms with Crippen LogP contribution in [-0.4, -0.2) is 33.6 Å². The van der Waals surface area contributed by atoms with Crippen LogP contribution < -0.4 is 0 Å². The van der Waals surface area contributed by atoms with Gasteiger partial charge in [0.25, 0.3) is 0 Å². The average Bonchev–Trinajstić information content (AvgIpc) is 3.81. The second-order valence-electron chi connectivity index (χ2n) is 9.95. The first-order valence-electron chi connectivity index (χ1n) is 13.2. The first kappa shape index (κ1) is 24.2. The van der Waals surface area contributed by atoms with Crippen molar-refractivity contribution in [1.82, 2.24) is 4.57 Å². The van der Waals surface area contributed by atoms with Crippen LogP contribution in [-0.2, 0) is 0 Å². The second kappa shape index (κ2) is 9.50. The summed E-state index contributed by atoms with van der Waals surface area (Å²) >= 11 is 0.413. The molecule has 3 aromatic heterocycles. The Morgan fingerprint density at radius 1 is 0.537 bits per heavy atom. The van der Waals surface area contributed by atoms with E-state index in [1.165, 1.54) is 45.2 Å². The topological polar surface area (TPSA) is 52.5 Å². The van der Waals surface area contributed by atoms with Gasteiger partial charge in [0.2, 0.25) is 0 Å². The van der Waals surface area contributed by atoms with Gasteiger partial charge in [-0.15, -0.1) is 0 Å². The standard InChI is InChI=1S/C36H19N3Se2/c37-20-23(21-38)36-27-10-2-1-7-24(27)29-19-22(13-14-28(29)36)32-15-16-33(40-32)34-17-18-35(41-34)39-30-11-5-3-8-25(30)26-9-4-6-12-31(26)39/h1-19H. The molecule has 0 aliphatic heterocycles. The van der Waals surface area contributed by atoms with Gasteiger partial charge in [-0.3, -0.25) is 0 Å². The number of hydrogen-bond donors (Lipinski definition) is 0. The van der Waals surface area contributed by atoms with Gasteiger partial charge in [0.05, 0.1) is 0 Å². The summed E-state index contributed by atoms with van der Waals surface area (Å²) in [5.41, 5.74) is 8.78. The van der Waals surface area contributed by atoms with E-state index in [4.69, 9.17) is 0 Å². The van der Waals surface area contributed by atoms with Crippen molar-refractivity contribution in [1.29, 1.82) is 10.5 Å². The predicted octanol–water partition coefficient (Wildman–Crippen LogP) is 8.06. The van der Waals surface area contributed by atoms with Gasteiger partial charge in [-0.05, 0) is 0 Å². The summed E-state index contributed by atoms with van der Waals surface area (Å²) in [5, 5.41) is 21.9. The van der Waals surface area contributed by atoms with E-state index in [0.29, 0.717) is 0 Å². The van der Waals surface area contributed by atoms with Gasteiger partial charge in [0.15, 0.2) is 0 Å². The Kier molecular flexibility index (Phi) is 5.61. The van der Waals surface area contributed by atoms with Crippen molar-refractivity contribution in [3.63, 3.8) is 0 Å². The van der Waals surface area contributed by atoms with Gasteiger partial charge in [-0.2, -0.15) is 0 Å². The Hall–Kier alpha value is -4.60. The number of benzene rings is 4. The number of rotatable bonds is 3. The van der Waals surface area contributed by atoms with Crippen LogP contribution in [0.1, 0.15) is 11.1 Å². The van der Waals surface area contributed by atoms with E-state index >= 15 is 0 Å². The summed E-state index contributed by atoms with van der Waals surface area (Å²) in [6.45, 7) is 0. The van der Waals surface area contributed by atoms with Crippen LogP contribution in [0.4, 0.5) is 0 Å². The van der Waals surface area contributed by atoms with E-state index in [9.17, 15) is 10.5 Å². The molecule has 0 atom stereocenters. The van der Waals surface area contributed by atoms with Gasteiger partial charge >= 0.3 is 250 Å². The third-order valence-electron chi connectivity index (χ3n) is 7.77. The monoisotopic (exact) mass is 653 g/mol. The number of fused-ring (bicyclic) bond motifs is 6. The van der Waals surface area contributed by atoms with Crippen LogP contribution in [0.2, 0.25) is 0 Å². The van der Waals surface area contributed by atoms with Crippen LogP contribution in [0, 0.1) is 22.7 Å². The third kappa shape index (κ3) is 3.69. The van der Waals surface area contributed by atoms with Gasteiger partial charge in [-0.25, -0.2) is 0 Å². The second-order valence-corrected chi connectivity index (χ2v) is 14.5. The molecule has 3 nitrogen and oxygen atoms in total. The Morgan fingerprint density at radius 2 is 1.12 bits per heavy atom. The zero-order chi connectivity index (χ0) is 27.5. The molecule has 0 saturated heterocycles. The molecule has 41 heavy (non-hydrogen) atoms. The van der Waals surface area contributed by atoms with Crippen molar-refractivity contribution >= 4 is 56.4 Å². The summed E-state index contributed by atoms with van der Waals surface area (Å²) < 4.78 is 8.06. The SMILES string of the molecule is N#CC(C#N)=C1c2ccccc2-c2cc(-c3ccc(-c4ccc(-n5c6ccccc6c6ccccc65)[se]4)[se]3)ccc21. The fourth-order valence-corrected chi connectivity index (χ4v) is 10.8. The molecular formula is C36H19N3Se2. The van der Waals surface area contributed by atoms with Crippen LogP contribution in [0.15, 0.2) is 121 Å². The zero-order valence-electron chi connectivity index (χ0n) is 21.6. The van der Waals surface area contributed by atoms with Crippen LogP contribution >= 0.6 is 0 Å². The number of nitrogens with zero attached hydrogens (tertiary/aromatic N) is 3. The first-order chi connectivity index (χ1) is 20.2. The normalized spacial score (nSPS) is 11.8. The Labute approximate surface area is 249 Å². The molecule has 5 heteroatoms. The van der Waals surface area contributed by atoms with E-state index in [1.54, 1.807) is 0 Å². The molecule has 0 bridgehead atoms. The van der Waals surface area contributed by atoms with Gasteiger partial charge in [-0.1, -0.05) is 0 Å². The number of nitriles is 2. The molecule has 0 spiro atoms. The predicted molar refractivity (Wildman–Crippen MR) is 168 cm³/mol. The molecule has 0 fully saturated rings. The van der Waals surface area contributed by atoms with Crippen LogP contribution in [0.3, 0.4) is 0 Å². The quantitative estimate of drug-likeness (QED) is 0.143. The zero-order valence-corrected chi connectivity index (χ0v) is 25.1. The number of allylic oxidation sites excluding steroid dienone is 1. The summed E-state index contributed by atoms with van der Waals surface area (Å²) in [5.74, 6) is 0. The molecule has 8 rings (SSSR count). The van der Waals surface area contributed by atoms with E-state index in [2.05, 4.69) is 114 Å². The van der Waals surface area contributed by atoms with Gasteiger partial charge < -0.3 is 0 Å². The first-order valence-corrected chi connectivity index (χ1v) is 16.7. The van der Waals surface area contributed by atoms with Crippen molar-refractivity contribution in [2.45, 2.75) is 0 Å². The summed E-state index contributed by atoms with van der Waals surface area (Å²) in [4.78, 5) is 0. The summed E-state index contributed by atoms with van der Waals surface area (Å²) in [6, 6.07) is 45.4.